The molecule has 0 radical (unpaired) electrons. The Kier molecular flexibility index (Phi) is 7.20. The van der Waals surface area contributed by atoms with Crippen molar-refractivity contribution in [2.24, 2.45) is 0 Å². The van der Waals surface area contributed by atoms with Crippen LogP contribution in [0.15, 0.2) is 46.9 Å². The first kappa shape index (κ1) is 16.9. The van der Waals surface area contributed by atoms with E-state index in [2.05, 4.69) is 27.3 Å². The van der Waals surface area contributed by atoms with Gasteiger partial charge in [0.1, 0.15) is 6.29 Å². The zero-order valence-corrected chi connectivity index (χ0v) is 13.6. The summed E-state index contributed by atoms with van der Waals surface area (Å²) in [6, 6.07) is 15.0. The number of nitriles is 1. The number of hydrogen-bond donors (Lipinski definition) is 1. The van der Waals surface area contributed by atoms with E-state index >= 15 is 0 Å². The monoisotopic (exact) mass is 344 g/mol. The van der Waals surface area contributed by atoms with Gasteiger partial charge < -0.3 is 5.32 Å². The van der Waals surface area contributed by atoms with Crippen molar-refractivity contribution in [3.63, 3.8) is 0 Å². The van der Waals surface area contributed by atoms with Crippen molar-refractivity contribution in [1.29, 1.82) is 5.26 Å². The van der Waals surface area contributed by atoms with Crippen molar-refractivity contribution >= 4 is 27.9 Å². The Labute approximate surface area is 133 Å². The molecule has 0 spiro atoms. The zero-order valence-electron chi connectivity index (χ0n) is 12.1. The van der Waals surface area contributed by atoms with Crippen LogP contribution < -0.4 is 5.32 Å². The topological polar surface area (TPSA) is 52.9 Å². The molecular weight excluding hydrogens is 328 g/mol. The average molecular weight is 345 g/mol. The van der Waals surface area contributed by atoms with Crippen LogP contribution in [0.4, 0.5) is 5.69 Å². The van der Waals surface area contributed by atoms with Crippen molar-refractivity contribution in [3.05, 3.63) is 63.6 Å². The van der Waals surface area contributed by atoms with E-state index < -0.39 is 0 Å². The van der Waals surface area contributed by atoms with Gasteiger partial charge in [0.2, 0.25) is 0 Å². The van der Waals surface area contributed by atoms with E-state index in [0.717, 1.165) is 22.0 Å². The lowest BCUT2D eigenvalue weighted by Gasteiger charge is -2.08. The van der Waals surface area contributed by atoms with Gasteiger partial charge in [-0.2, -0.15) is 5.26 Å². The van der Waals surface area contributed by atoms with Gasteiger partial charge in [-0.25, -0.2) is 0 Å². The number of carbonyl (C=O) groups is 1. The number of aldehydes is 1. The second kappa shape index (κ2) is 8.93. The molecule has 1 N–H and O–H groups in total. The predicted molar refractivity (Wildman–Crippen MR) is 89.4 cm³/mol. The summed E-state index contributed by atoms with van der Waals surface area (Å²) >= 11 is 3.37. The van der Waals surface area contributed by atoms with Crippen molar-refractivity contribution in [2.45, 2.75) is 20.4 Å². The summed E-state index contributed by atoms with van der Waals surface area (Å²) in [4.78, 5) is 10.7. The molecule has 2 aromatic rings. The van der Waals surface area contributed by atoms with E-state index in [0.29, 0.717) is 17.7 Å². The van der Waals surface area contributed by atoms with Gasteiger partial charge in [-0.1, -0.05) is 48.0 Å². The summed E-state index contributed by atoms with van der Waals surface area (Å²) in [7, 11) is 0. The van der Waals surface area contributed by atoms with Crippen molar-refractivity contribution in [2.75, 3.05) is 5.32 Å². The third kappa shape index (κ3) is 5.41. The molecule has 108 valence electrons. The van der Waals surface area contributed by atoms with Gasteiger partial charge in [0.25, 0.3) is 0 Å². The smallest absolute Gasteiger partial charge is 0.150 e. The molecule has 0 aliphatic rings. The molecule has 0 saturated heterocycles. The van der Waals surface area contributed by atoms with Crippen LogP contribution in [0.1, 0.15) is 35.3 Å². The summed E-state index contributed by atoms with van der Waals surface area (Å²) < 4.78 is 0.857. The maximum absolute atomic E-state index is 10.7. The van der Waals surface area contributed by atoms with E-state index in [-0.39, 0.29) is 0 Å². The molecule has 0 fully saturated rings. The molecule has 3 nitrogen and oxygen atoms in total. The van der Waals surface area contributed by atoms with Crippen LogP contribution in [0.25, 0.3) is 0 Å². The number of nitrogens with zero attached hydrogens (tertiary/aromatic N) is 1. The first-order valence-electron chi connectivity index (χ1n) is 6.70. The highest BCUT2D eigenvalue weighted by Crippen LogP contribution is 2.19. The second-order valence-corrected chi connectivity index (χ2v) is 4.97. The van der Waals surface area contributed by atoms with Gasteiger partial charge in [0, 0.05) is 22.3 Å². The molecule has 0 amide bonds. The largest absolute Gasteiger partial charge is 0.381 e. The van der Waals surface area contributed by atoms with Crippen LogP contribution in [0.2, 0.25) is 0 Å². The molecule has 2 aromatic carbocycles. The standard InChI is InChI=1S/C15H11BrN2O.C2H6/c16-14-5-13(8-17)6-15(7-14)18-9-11-2-1-3-12(4-11)10-19;1-2/h1-7,10,18H,9H2;1-2H3. The minimum Gasteiger partial charge on any atom is -0.381 e. The normalized spacial score (nSPS) is 9.05. The highest BCUT2D eigenvalue weighted by atomic mass is 79.9. The van der Waals surface area contributed by atoms with Crippen molar-refractivity contribution in [1.82, 2.24) is 0 Å². The lowest BCUT2D eigenvalue weighted by Crippen LogP contribution is -2.00. The zero-order chi connectivity index (χ0) is 15.7. The first-order valence-corrected chi connectivity index (χ1v) is 7.49. The van der Waals surface area contributed by atoms with Crippen LogP contribution in [-0.2, 0) is 6.54 Å². The fourth-order valence-electron chi connectivity index (χ4n) is 1.74. The summed E-state index contributed by atoms with van der Waals surface area (Å²) in [6.45, 7) is 4.60. The number of rotatable bonds is 4. The number of hydrogen-bond acceptors (Lipinski definition) is 3. The number of halogens is 1. The van der Waals surface area contributed by atoms with Gasteiger partial charge in [0.15, 0.2) is 0 Å². The van der Waals surface area contributed by atoms with E-state index in [1.165, 1.54) is 0 Å². The fourth-order valence-corrected chi connectivity index (χ4v) is 2.23. The summed E-state index contributed by atoms with van der Waals surface area (Å²) in [5, 5.41) is 12.1. The lowest BCUT2D eigenvalue weighted by atomic mass is 10.1. The molecule has 0 heterocycles. The highest BCUT2D eigenvalue weighted by Gasteiger charge is 2.00. The Hall–Kier alpha value is -2.12. The highest BCUT2D eigenvalue weighted by molar-refractivity contribution is 9.10. The summed E-state index contributed by atoms with van der Waals surface area (Å²) in [6.07, 6.45) is 0.830. The Balaban J connectivity index is 0.00000106. The van der Waals surface area contributed by atoms with E-state index in [4.69, 9.17) is 5.26 Å². The number of benzene rings is 2. The first-order chi connectivity index (χ1) is 10.2. The molecule has 4 heteroatoms. The Morgan fingerprint density at radius 3 is 2.67 bits per heavy atom. The minimum atomic E-state index is 0.596. The van der Waals surface area contributed by atoms with E-state index in [1.807, 2.05) is 38.1 Å². The van der Waals surface area contributed by atoms with E-state index in [1.54, 1.807) is 18.2 Å². The summed E-state index contributed by atoms with van der Waals surface area (Å²) in [5.74, 6) is 0. The predicted octanol–water partition coefficient (Wildman–Crippen LogP) is 4.77. The van der Waals surface area contributed by atoms with Gasteiger partial charge in [-0.05, 0) is 29.8 Å². The second-order valence-electron chi connectivity index (χ2n) is 4.06. The number of carbonyl (C=O) groups excluding carboxylic acids is 1. The quantitative estimate of drug-likeness (QED) is 0.812. The van der Waals surface area contributed by atoms with Gasteiger partial charge in [-0.3, -0.25) is 4.79 Å². The Bertz CT molecular complexity index is 647. The third-order valence-corrected chi connectivity index (χ3v) is 3.07. The SMILES string of the molecule is CC.N#Cc1cc(Br)cc(NCc2cccc(C=O)c2)c1. The van der Waals surface area contributed by atoms with Crippen LogP contribution in [0.3, 0.4) is 0 Å². The molecule has 0 atom stereocenters. The average Bonchev–Trinajstić information content (AvgIpc) is 2.54. The van der Waals surface area contributed by atoms with Crippen molar-refractivity contribution in [3.8, 4) is 6.07 Å². The molecule has 0 unspecified atom stereocenters. The maximum atomic E-state index is 10.7. The number of nitrogens with one attached hydrogen (secondary N) is 1. The Morgan fingerprint density at radius 2 is 2.00 bits per heavy atom. The molecule has 0 aliphatic heterocycles. The maximum Gasteiger partial charge on any atom is 0.150 e. The number of anilines is 1. The van der Waals surface area contributed by atoms with Gasteiger partial charge in [0.05, 0.1) is 11.6 Å². The molecular formula is C17H17BrN2O. The molecule has 0 aliphatic carbocycles. The third-order valence-electron chi connectivity index (χ3n) is 2.61. The van der Waals surface area contributed by atoms with Crippen LogP contribution in [0.5, 0.6) is 0 Å². The molecule has 2 rings (SSSR count). The Morgan fingerprint density at radius 1 is 1.24 bits per heavy atom. The molecule has 0 saturated carbocycles. The minimum absolute atomic E-state index is 0.596. The van der Waals surface area contributed by atoms with Crippen molar-refractivity contribution < 1.29 is 4.79 Å². The van der Waals surface area contributed by atoms with Gasteiger partial charge >= 0.3 is 0 Å². The fraction of sp³-hybridized carbons (Fsp3) is 0.176. The molecule has 21 heavy (non-hydrogen) atoms. The lowest BCUT2D eigenvalue weighted by molar-refractivity contribution is 0.112. The summed E-state index contributed by atoms with van der Waals surface area (Å²) in [5.41, 5.74) is 3.13. The van der Waals surface area contributed by atoms with Crippen LogP contribution in [0, 0.1) is 11.3 Å². The molecule has 0 aromatic heterocycles. The van der Waals surface area contributed by atoms with Crippen LogP contribution >= 0.6 is 15.9 Å². The van der Waals surface area contributed by atoms with Crippen LogP contribution in [-0.4, -0.2) is 6.29 Å². The van der Waals surface area contributed by atoms with Gasteiger partial charge in [-0.15, -0.1) is 0 Å². The molecule has 0 bridgehead atoms. The van der Waals surface area contributed by atoms with E-state index in [9.17, 15) is 4.79 Å².